The highest BCUT2D eigenvalue weighted by molar-refractivity contribution is 5.20. The van der Waals surface area contributed by atoms with Crippen molar-refractivity contribution < 1.29 is 0 Å². The Balaban J connectivity index is 1.38. The fourth-order valence-electron chi connectivity index (χ4n) is 4.22. The lowest BCUT2D eigenvalue weighted by Gasteiger charge is -2.32. The zero-order chi connectivity index (χ0) is 14.5. The highest BCUT2D eigenvalue weighted by Crippen LogP contribution is 2.33. The summed E-state index contributed by atoms with van der Waals surface area (Å²) in [6.45, 7) is 3.68. The van der Waals surface area contributed by atoms with E-state index in [9.17, 15) is 0 Å². The maximum absolute atomic E-state index is 3.88. The highest BCUT2D eigenvalue weighted by Gasteiger charge is 2.23. The van der Waals surface area contributed by atoms with E-state index in [0.29, 0.717) is 0 Å². The molecule has 2 aliphatic rings. The molecule has 3 rings (SSSR count). The summed E-state index contributed by atoms with van der Waals surface area (Å²) >= 11 is 0. The molecule has 21 heavy (non-hydrogen) atoms. The van der Waals surface area contributed by atoms with Crippen molar-refractivity contribution in [3.8, 4) is 0 Å². The van der Waals surface area contributed by atoms with Crippen molar-refractivity contribution in [2.75, 3.05) is 6.54 Å². The van der Waals surface area contributed by atoms with E-state index in [4.69, 9.17) is 0 Å². The Bertz CT molecular complexity index is 397. The maximum Gasteiger partial charge on any atom is 0.00676 e. The molecule has 0 heterocycles. The third kappa shape index (κ3) is 4.32. The summed E-state index contributed by atoms with van der Waals surface area (Å²) < 4.78 is 0. The van der Waals surface area contributed by atoms with E-state index in [0.717, 1.165) is 23.8 Å². The SMILES string of the molecule is CC1CCC(CNC2CCC(c3ccccc3)CC2)CC1. The average Bonchev–Trinajstić information content (AvgIpc) is 2.56. The summed E-state index contributed by atoms with van der Waals surface area (Å²) in [6.07, 6.45) is 11.3. The van der Waals surface area contributed by atoms with Crippen LogP contribution in [0, 0.1) is 11.8 Å². The first-order chi connectivity index (χ1) is 10.3. The van der Waals surface area contributed by atoms with Crippen LogP contribution >= 0.6 is 0 Å². The largest absolute Gasteiger partial charge is 0.314 e. The lowest BCUT2D eigenvalue weighted by molar-refractivity contribution is 0.258. The maximum atomic E-state index is 3.88. The van der Waals surface area contributed by atoms with Gasteiger partial charge in [0.15, 0.2) is 0 Å². The van der Waals surface area contributed by atoms with E-state index in [1.54, 1.807) is 5.56 Å². The molecule has 0 aliphatic heterocycles. The monoisotopic (exact) mass is 285 g/mol. The lowest BCUT2D eigenvalue weighted by Crippen LogP contribution is -2.36. The van der Waals surface area contributed by atoms with Gasteiger partial charge in [0.05, 0.1) is 0 Å². The molecule has 1 heteroatoms. The lowest BCUT2D eigenvalue weighted by atomic mass is 9.80. The van der Waals surface area contributed by atoms with Crippen molar-refractivity contribution in [1.82, 2.24) is 5.32 Å². The smallest absolute Gasteiger partial charge is 0.00676 e. The molecule has 0 bridgehead atoms. The first-order valence-corrected chi connectivity index (χ1v) is 9.09. The topological polar surface area (TPSA) is 12.0 Å². The molecule has 0 aromatic heterocycles. The van der Waals surface area contributed by atoms with Gasteiger partial charge in [0.25, 0.3) is 0 Å². The van der Waals surface area contributed by atoms with Gasteiger partial charge in [0.1, 0.15) is 0 Å². The van der Waals surface area contributed by atoms with E-state index >= 15 is 0 Å². The Morgan fingerprint density at radius 2 is 1.52 bits per heavy atom. The van der Waals surface area contributed by atoms with Gasteiger partial charge >= 0.3 is 0 Å². The fourth-order valence-corrected chi connectivity index (χ4v) is 4.22. The minimum Gasteiger partial charge on any atom is -0.314 e. The van der Waals surface area contributed by atoms with Gasteiger partial charge in [-0.2, -0.15) is 0 Å². The predicted molar refractivity (Wildman–Crippen MR) is 90.6 cm³/mol. The van der Waals surface area contributed by atoms with E-state index < -0.39 is 0 Å². The minimum absolute atomic E-state index is 0.782. The average molecular weight is 285 g/mol. The molecule has 0 saturated heterocycles. The van der Waals surface area contributed by atoms with Gasteiger partial charge in [-0.25, -0.2) is 0 Å². The molecule has 2 aliphatic carbocycles. The van der Waals surface area contributed by atoms with Crippen LogP contribution in [-0.2, 0) is 0 Å². The van der Waals surface area contributed by atoms with Crippen molar-refractivity contribution >= 4 is 0 Å². The molecule has 0 radical (unpaired) electrons. The molecule has 2 fully saturated rings. The highest BCUT2D eigenvalue weighted by atomic mass is 14.9. The molecule has 0 unspecified atom stereocenters. The van der Waals surface area contributed by atoms with Gasteiger partial charge in [-0.3, -0.25) is 0 Å². The zero-order valence-electron chi connectivity index (χ0n) is 13.6. The Morgan fingerprint density at radius 1 is 0.857 bits per heavy atom. The quantitative estimate of drug-likeness (QED) is 0.808. The molecule has 116 valence electrons. The van der Waals surface area contributed by atoms with Crippen molar-refractivity contribution in [3.05, 3.63) is 35.9 Å². The van der Waals surface area contributed by atoms with Crippen LogP contribution in [0.5, 0.6) is 0 Å². The second-order valence-electron chi connectivity index (χ2n) is 7.49. The third-order valence-electron chi connectivity index (χ3n) is 5.83. The van der Waals surface area contributed by atoms with Crippen LogP contribution in [0.3, 0.4) is 0 Å². The number of hydrogen-bond donors (Lipinski definition) is 1. The van der Waals surface area contributed by atoms with Gasteiger partial charge < -0.3 is 5.32 Å². The van der Waals surface area contributed by atoms with Crippen molar-refractivity contribution in [1.29, 1.82) is 0 Å². The Hall–Kier alpha value is -0.820. The molecule has 0 spiro atoms. The summed E-state index contributed by atoms with van der Waals surface area (Å²) in [6, 6.07) is 11.9. The second kappa shape index (κ2) is 7.45. The van der Waals surface area contributed by atoms with Crippen LogP contribution in [0.25, 0.3) is 0 Å². The number of hydrogen-bond acceptors (Lipinski definition) is 1. The number of benzene rings is 1. The molecule has 2 saturated carbocycles. The first kappa shape index (κ1) is 15.1. The second-order valence-corrected chi connectivity index (χ2v) is 7.49. The van der Waals surface area contributed by atoms with Crippen molar-refractivity contribution in [3.63, 3.8) is 0 Å². The van der Waals surface area contributed by atoms with Crippen molar-refractivity contribution in [2.45, 2.75) is 70.3 Å². The molecule has 1 aromatic carbocycles. The molecular formula is C20H31N. The third-order valence-corrected chi connectivity index (χ3v) is 5.83. The first-order valence-electron chi connectivity index (χ1n) is 9.09. The number of nitrogens with one attached hydrogen (secondary N) is 1. The van der Waals surface area contributed by atoms with Gasteiger partial charge in [-0.1, -0.05) is 50.1 Å². The summed E-state index contributed by atoms with van der Waals surface area (Å²) in [5.41, 5.74) is 1.55. The van der Waals surface area contributed by atoms with Crippen LogP contribution in [0.15, 0.2) is 30.3 Å². The van der Waals surface area contributed by atoms with E-state index in [2.05, 4.69) is 42.6 Å². The molecule has 0 amide bonds. The van der Waals surface area contributed by atoms with Gasteiger partial charge in [0, 0.05) is 6.04 Å². The van der Waals surface area contributed by atoms with Gasteiger partial charge in [0.2, 0.25) is 0 Å². The van der Waals surface area contributed by atoms with E-state index in [-0.39, 0.29) is 0 Å². The van der Waals surface area contributed by atoms with Crippen LogP contribution in [-0.4, -0.2) is 12.6 Å². The molecule has 1 nitrogen and oxygen atoms in total. The van der Waals surface area contributed by atoms with Crippen molar-refractivity contribution in [2.24, 2.45) is 11.8 Å². The van der Waals surface area contributed by atoms with Crippen LogP contribution in [0.2, 0.25) is 0 Å². The fraction of sp³-hybridized carbons (Fsp3) is 0.700. The molecule has 1 aromatic rings. The summed E-state index contributed by atoms with van der Waals surface area (Å²) in [4.78, 5) is 0. The van der Waals surface area contributed by atoms with E-state index in [1.807, 2.05) is 0 Å². The van der Waals surface area contributed by atoms with Gasteiger partial charge in [-0.05, 0) is 68.4 Å². The zero-order valence-corrected chi connectivity index (χ0v) is 13.6. The minimum atomic E-state index is 0.782. The normalized spacial score (nSPS) is 33.8. The summed E-state index contributed by atoms with van der Waals surface area (Å²) in [5.74, 6) is 2.73. The molecule has 0 atom stereocenters. The Morgan fingerprint density at radius 3 is 2.19 bits per heavy atom. The number of rotatable bonds is 4. The summed E-state index contributed by atoms with van der Waals surface area (Å²) in [5, 5.41) is 3.88. The Labute approximate surface area is 130 Å². The van der Waals surface area contributed by atoms with Gasteiger partial charge in [-0.15, -0.1) is 0 Å². The Kier molecular flexibility index (Phi) is 5.35. The van der Waals surface area contributed by atoms with E-state index in [1.165, 1.54) is 57.9 Å². The van der Waals surface area contributed by atoms with Crippen LogP contribution < -0.4 is 5.32 Å². The predicted octanol–water partition coefficient (Wildman–Crippen LogP) is 5.13. The molecular weight excluding hydrogens is 254 g/mol. The molecule has 1 N–H and O–H groups in total. The standard InChI is InChI=1S/C20H31N/c1-16-7-9-17(10-8-16)15-21-20-13-11-19(12-14-20)18-5-3-2-4-6-18/h2-6,16-17,19-21H,7-15H2,1H3. The van der Waals surface area contributed by atoms with Crippen LogP contribution in [0.1, 0.15) is 69.8 Å². The summed E-state index contributed by atoms with van der Waals surface area (Å²) in [7, 11) is 0. The van der Waals surface area contributed by atoms with Crippen LogP contribution in [0.4, 0.5) is 0 Å².